The number of benzene rings is 1. The second-order valence-corrected chi connectivity index (χ2v) is 6.71. The van der Waals surface area contributed by atoms with Crippen molar-refractivity contribution in [1.82, 2.24) is 10.2 Å². The van der Waals surface area contributed by atoms with Crippen LogP contribution in [0.5, 0.6) is 5.75 Å². The summed E-state index contributed by atoms with van der Waals surface area (Å²) in [5.74, 6) is -0.109. The van der Waals surface area contributed by atoms with E-state index in [1.165, 1.54) is 6.07 Å². The molecule has 3 nitrogen and oxygen atoms in total. The molecule has 1 saturated carbocycles. The first kappa shape index (κ1) is 12.7. The summed E-state index contributed by atoms with van der Waals surface area (Å²) in [6.07, 6.45) is 2.96. The largest absolute Gasteiger partial charge is 0.465 e. The van der Waals surface area contributed by atoms with Crippen LogP contribution in [0, 0.1) is 5.82 Å². The molecule has 1 aliphatic carbocycles. The Morgan fingerprint density at radius 1 is 1.50 bits per heavy atom. The lowest BCUT2D eigenvalue weighted by molar-refractivity contribution is -0.0746. The highest BCUT2D eigenvalue weighted by molar-refractivity contribution is 7.80. The molecule has 4 rings (SSSR count). The zero-order valence-electron chi connectivity index (χ0n) is 11.0. The van der Waals surface area contributed by atoms with Crippen molar-refractivity contribution >= 4 is 28.9 Å². The summed E-state index contributed by atoms with van der Waals surface area (Å²) >= 11 is 11.4. The quantitative estimate of drug-likeness (QED) is 0.804. The molecule has 2 heterocycles. The molecule has 0 radical (unpaired) electrons. The van der Waals surface area contributed by atoms with E-state index >= 15 is 0 Å². The van der Waals surface area contributed by atoms with Crippen LogP contribution in [0.15, 0.2) is 12.1 Å². The molecular weight excluding hydrogens is 299 g/mol. The number of nitrogens with one attached hydrogen (secondary N) is 1. The molecular formula is C14H14ClFN2OS. The van der Waals surface area contributed by atoms with Gasteiger partial charge in [-0.2, -0.15) is 0 Å². The van der Waals surface area contributed by atoms with Gasteiger partial charge in [-0.25, -0.2) is 4.39 Å². The van der Waals surface area contributed by atoms with Gasteiger partial charge in [-0.15, -0.1) is 0 Å². The van der Waals surface area contributed by atoms with Crippen LogP contribution in [0.3, 0.4) is 0 Å². The van der Waals surface area contributed by atoms with E-state index in [4.69, 9.17) is 28.6 Å². The topological polar surface area (TPSA) is 24.5 Å². The minimum absolute atomic E-state index is 0.0422. The van der Waals surface area contributed by atoms with Crippen LogP contribution >= 0.6 is 23.8 Å². The average Bonchev–Trinajstić information content (AvgIpc) is 3.14. The fraction of sp³-hybridized carbons (Fsp3) is 0.500. The maximum atomic E-state index is 14.2. The molecule has 2 unspecified atom stereocenters. The van der Waals surface area contributed by atoms with Crippen LogP contribution in [0.25, 0.3) is 0 Å². The number of hydrogen-bond donors (Lipinski definition) is 1. The number of halogens is 2. The molecule has 0 amide bonds. The van der Waals surface area contributed by atoms with E-state index in [9.17, 15) is 4.39 Å². The fourth-order valence-electron chi connectivity index (χ4n) is 3.29. The summed E-state index contributed by atoms with van der Waals surface area (Å²) in [7, 11) is 0. The second kappa shape index (κ2) is 3.98. The van der Waals surface area contributed by atoms with Gasteiger partial charge < -0.3 is 15.0 Å². The SMILES string of the molecule is CC12CC(NC(=S)N1C1CC1)c1cc(Cl)cc(F)c1O2. The van der Waals surface area contributed by atoms with Crippen LogP contribution in [0.4, 0.5) is 4.39 Å². The van der Waals surface area contributed by atoms with Gasteiger partial charge in [0.05, 0.1) is 6.04 Å². The molecule has 1 N–H and O–H groups in total. The van der Waals surface area contributed by atoms with Crippen LogP contribution in [0.2, 0.25) is 5.02 Å². The lowest BCUT2D eigenvalue weighted by Gasteiger charge is -2.52. The normalized spacial score (nSPS) is 31.4. The smallest absolute Gasteiger partial charge is 0.184 e. The third kappa shape index (κ3) is 1.72. The molecule has 3 aliphatic rings. The summed E-state index contributed by atoms with van der Waals surface area (Å²) in [6.45, 7) is 1.99. The Kier molecular flexibility index (Phi) is 2.52. The van der Waals surface area contributed by atoms with Gasteiger partial charge in [0, 0.05) is 23.0 Å². The van der Waals surface area contributed by atoms with E-state index in [1.807, 2.05) is 6.92 Å². The van der Waals surface area contributed by atoms with E-state index in [0.29, 0.717) is 21.9 Å². The van der Waals surface area contributed by atoms with Crippen molar-refractivity contribution in [2.45, 2.75) is 44.0 Å². The Labute approximate surface area is 127 Å². The van der Waals surface area contributed by atoms with Crippen molar-refractivity contribution in [2.75, 3.05) is 0 Å². The number of thiocarbonyl (C=S) groups is 1. The van der Waals surface area contributed by atoms with Crippen LogP contribution in [0.1, 0.15) is 37.8 Å². The molecule has 2 atom stereocenters. The van der Waals surface area contributed by atoms with Crippen LogP contribution < -0.4 is 10.1 Å². The maximum Gasteiger partial charge on any atom is 0.184 e. The van der Waals surface area contributed by atoms with Crippen LogP contribution in [-0.4, -0.2) is 21.8 Å². The van der Waals surface area contributed by atoms with Gasteiger partial charge in [-0.05, 0) is 44.1 Å². The fourth-order valence-corrected chi connectivity index (χ4v) is 3.99. The predicted octanol–water partition coefficient (Wildman–Crippen LogP) is 3.37. The van der Waals surface area contributed by atoms with Crippen molar-refractivity contribution in [3.05, 3.63) is 28.5 Å². The summed E-state index contributed by atoms with van der Waals surface area (Å²) in [5.41, 5.74) is 0.181. The number of nitrogens with zero attached hydrogens (tertiary/aromatic N) is 1. The number of fused-ring (bicyclic) bond motifs is 4. The van der Waals surface area contributed by atoms with Gasteiger partial charge in [0.2, 0.25) is 0 Å². The highest BCUT2D eigenvalue weighted by Gasteiger charge is 2.52. The highest BCUT2D eigenvalue weighted by atomic mass is 35.5. The van der Waals surface area contributed by atoms with Crippen molar-refractivity contribution in [3.63, 3.8) is 0 Å². The first-order valence-electron chi connectivity index (χ1n) is 6.76. The third-order valence-corrected chi connectivity index (χ3v) is 4.79. The van der Waals surface area contributed by atoms with Crippen molar-refractivity contribution < 1.29 is 9.13 Å². The van der Waals surface area contributed by atoms with Gasteiger partial charge in [-0.3, -0.25) is 0 Å². The Bertz CT molecular complexity index is 621. The van der Waals surface area contributed by atoms with Crippen molar-refractivity contribution in [1.29, 1.82) is 0 Å². The Hall–Kier alpha value is -1.07. The Balaban J connectivity index is 1.83. The number of rotatable bonds is 1. The summed E-state index contributed by atoms with van der Waals surface area (Å²) in [4.78, 5) is 2.09. The monoisotopic (exact) mass is 312 g/mol. The van der Waals surface area contributed by atoms with Gasteiger partial charge in [0.25, 0.3) is 0 Å². The Morgan fingerprint density at radius 2 is 2.25 bits per heavy atom. The number of hydrogen-bond acceptors (Lipinski definition) is 2. The standard InChI is InChI=1S/C14H14ClFN2OS/c1-14-6-11(17-13(20)18(14)8-2-3-8)9-4-7(15)5-10(16)12(9)19-14/h4-5,8,11H,2-3,6H2,1H3,(H,17,20). The molecule has 1 aromatic rings. The first-order valence-corrected chi connectivity index (χ1v) is 7.54. The molecule has 1 aromatic carbocycles. The molecule has 20 heavy (non-hydrogen) atoms. The molecule has 1 saturated heterocycles. The van der Waals surface area contributed by atoms with E-state index < -0.39 is 11.5 Å². The molecule has 2 bridgehead atoms. The summed E-state index contributed by atoms with van der Waals surface area (Å²) in [5, 5.41) is 4.38. The zero-order chi connectivity index (χ0) is 14.1. The van der Waals surface area contributed by atoms with E-state index in [1.54, 1.807) is 6.07 Å². The summed E-state index contributed by atoms with van der Waals surface area (Å²) in [6, 6.07) is 3.43. The number of ether oxygens (including phenoxy) is 1. The van der Waals surface area contributed by atoms with Crippen molar-refractivity contribution in [3.8, 4) is 5.75 Å². The summed E-state index contributed by atoms with van der Waals surface area (Å²) < 4.78 is 20.2. The molecule has 0 aromatic heterocycles. The highest BCUT2D eigenvalue weighted by Crippen LogP contribution is 2.48. The van der Waals surface area contributed by atoms with Gasteiger partial charge in [-0.1, -0.05) is 11.6 Å². The molecule has 106 valence electrons. The molecule has 0 spiro atoms. The zero-order valence-corrected chi connectivity index (χ0v) is 12.5. The molecule has 2 aliphatic heterocycles. The third-order valence-electron chi connectivity index (χ3n) is 4.26. The average molecular weight is 313 g/mol. The minimum atomic E-state index is -0.574. The van der Waals surface area contributed by atoms with Crippen LogP contribution in [-0.2, 0) is 0 Å². The van der Waals surface area contributed by atoms with E-state index in [0.717, 1.165) is 24.8 Å². The molecule has 2 fully saturated rings. The second-order valence-electron chi connectivity index (χ2n) is 5.89. The first-order chi connectivity index (χ1) is 9.48. The van der Waals surface area contributed by atoms with Crippen molar-refractivity contribution in [2.24, 2.45) is 0 Å². The van der Waals surface area contributed by atoms with E-state index in [-0.39, 0.29) is 6.04 Å². The minimum Gasteiger partial charge on any atom is -0.465 e. The van der Waals surface area contributed by atoms with E-state index in [2.05, 4.69) is 10.2 Å². The molecule has 6 heteroatoms. The lowest BCUT2D eigenvalue weighted by Crippen LogP contribution is -2.65. The van der Waals surface area contributed by atoms with Gasteiger partial charge in [0.1, 0.15) is 0 Å². The lowest BCUT2D eigenvalue weighted by atomic mass is 9.90. The van der Waals surface area contributed by atoms with Gasteiger partial charge >= 0.3 is 0 Å². The maximum absolute atomic E-state index is 14.2. The van der Waals surface area contributed by atoms with Gasteiger partial charge in [0.15, 0.2) is 22.4 Å². The predicted molar refractivity (Wildman–Crippen MR) is 78.4 cm³/mol. The Morgan fingerprint density at radius 3 is 2.95 bits per heavy atom.